The lowest BCUT2D eigenvalue weighted by Gasteiger charge is -2.33. The van der Waals surface area contributed by atoms with E-state index < -0.39 is 0 Å². The molecule has 2 aliphatic rings. The van der Waals surface area contributed by atoms with Crippen molar-refractivity contribution in [2.24, 2.45) is 5.73 Å². The molecule has 1 saturated heterocycles. The van der Waals surface area contributed by atoms with Gasteiger partial charge in [-0.3, -0.25) is 9.69 Å². The van der Waals surface area contributed by atoms with Gasteiger partial charge >= 0.3 is 0 Å². The molecule has 0 aromatic heterocycles. The second-order valence-electron chi connectivity index (χ2n) is 3.46. The zero-order chi connectivity index (χ0) is 8.55. The fraction of sp³-hybridized carbons (Fsp3) is 0.875. The molecule has 2 N–H and O–H groups in total. The predicted octanol–water partition coefficient (Wildman–Crippen LogP) is -0.665. The second kappa shape index (κ2) is 3.03. The Kier molecular flexibility index (Phi) is 2.02. The molecule has 4 nitrogen and oxygen atoms in total. The number of amides is 1. The van der Waals surface area contributed by atoms with E-state index in [2.05, 4.69) is 4.90 Å². The van der Waals surface area contributed by atoms with Crippen molar-refractivity contribution in [2.75, 3.05) is 19.8 Å². The van der Waals surface area contributed by atoms with E-state index in [1.807, 2.05) is 0 Å². The van der Waals surface area contributed by atoms with Crippen molar-refractivity contribution < 1.29 is 9.53 Å². The van der Waals surface area contributed by atoms with E-state index in [4.69, 9.17) is 10.5 Å². The molecule has 1 aliphatic heterocycles. The summed E-state index contributed by atoms with van der Waals surface area (Å²) in [6, 6.07) is 0.428. The Morgan fingerprint density at radius 2 is 2.25 bits per heavy atom. The normalized spacial score (nSPS) is 31.8. The van der Waals surface area contributed by atoms with Crippen LogP contribution in [0.5, 0.6) is 0 Å². The topological polar surface area (TPSA) is 55.6 Å². The number of hydrogen-bond acceptors (Lipinski definition) is 3. The van der Waals surface area contributed by atoms with Crippen LogP contribution >= 0.6 is 0 Å². The summed E-state index contributed by atoms with van der Waals surface area (Å²) < 4.78 is 5.21. The van der Waals surface area contributed by atoms with E-state index in [1.165, 1.54) is 12.8 Å². The van der Waals surface area contributed by atoms with Crippen LogP contribution in [-0.2, 0) is 9.53 Å². The summed E-state index contributed by atoms with van der Waals surface area (Å²) >= 11 is 0. The molecule has 0 spiro atoms. The molecular formula is C8H14N2O2. The van der Waals surface area contributed by atoms with Crippen LogP contribution in [-0.4, -0.2) is 42.6 Å². The minimum absolute atomic E-state index is 0.175. The first-order chi connectivity index (χ1) is 5.79. The number of nitrogens with zero attached hydrogens (tertiary/aromatic N) is 1. The van der Waals surface area contributed by atoms with Crippen molar-refractivity contribution in [1.29, 1.82) is 0 Å². The Bertz CT molecular complexity index is 191. The Balaban J connectivity index is 2.00. The first kappa shape index (κ1) is 8.01. The van der Waals surface area contributed by atoms with Crippen LogP contribution in [0.2, 0.25) is 0 Å². The molecule has 2 fully saturated rings. The van der Waals surface area contributed by atoms with Crippen molar-refractivity contribution in [1.82, 2.24) is 4.90 Å². The summed E-state index contributed by atoms with van der Waals surface area (Å²) in [6.07, 6.45) is 2.42. The molecule has 2 rings (SSSR count). The number of morpholine rings is 1. The lowest BCUT2D eigenvalue weighted by atomic mass is 10.2. The molecule has 0 radical (unpaired) electrons. The third-order valence-electron chi connectivity index (χ3n) is 2.51. The number of carbonyl (C=O) groups is 1. The van der Waals surface area contributed by atoms with Crippen molar-refractivity contribution in [3.05, 3.63) is 0 Å². The molecule has 0 unspecified atom stereocenters. The van der Waals surface area contributed by atoms with E-state index >= 15 is 0 Å². The van der Waals surface area contributed by atoms with Crippen molar-refractivity contribution in [3.8, 4) is 0 Å². The van der Waals surface area contributed by atoms with E-state index in [1.54, 1.807) is 0 Å². The maximum absolute atomic E-state index is 11.0. The summed E-state index contributed by atoms with van der Waals surface area (Å²) in [5.41, 5.74) is 5.26. The van der Waals surface area contributed by atoms with Crippen LogP contribution in [0.3, 0.4) is 0 Å². The maximum atomic E-state index is 11.0. The molecule has 0 aromatic carbocycles. The lowest BCUT2D eigenvalue weighted by molar-refractivity contribution is -0.129. The van der Waals surface area contributed by atoms with Crippen molar-refractivity contribution in [2.45, 2.75) is 24.9 Å². The van der Waals surface area contributed by atoms with Crippen LogP contribution < -0.4 is 5.73 Å². The van der Waals surface area contributed by atoms with Crippen LogP contribution in [0.15, 0.2) is 0 Å². The molecule has 1 aliphatic carbocycles. The van der Waals surface area contributed by atoms with Gasteiger partial charge in [0.05, 0.1) is 13.2 Å². The third-order valence-corrected chi connectivity index (χ3v) is 2.51. The standard InChI is InChI=1S/C8H14N2O2/c9-8(11)7-5-12-4-3-10(7)6-1-2-6/h6-7H,1-5H2,(H2,9,11)/t7-/m0/s1. The monoisotopic (exact) mass is 170 g/mol. The predicted molar refractivity (Wildman–Crippen MR) is 43.5 cm³/mol. The summed E-state index contributed by atoms with van der Waals surface area (Å²) in [7, 11) is 0. The molecule has 1 atom stereocenters. The second-order valence-corrected chi connectivity index (χ2v) is 3.46. The summed E-state index contributed by atoms with van der Waals surface area (Å²) in [4.78, 5) is 13.2. The van der Waals surface area contributed by atoms with Gasteiger partial charge in [0.2, 0.25) is 5.91 Å². The van der Waals surface area contributed by atoms with E-state index in [9.17, 15) is 4.79 Å². The largest absolute Gasteiger partial charge is 0.378 e. The first-order valence-corrected chi connectivity index (χ1v) is 4.42. The number of hydrogen-bond donors (Lipinski definition) is 1. The van der Waals surface area contributed by atoms with Gasteiger partial charge < -0.3 is 10.5 Å². The van der Waals surface area contributed by atoms with E-state index in [-0.39, 0.29) is 11.9 Å². The molecule has 0 bridgehead atoms. The molecule has 1 amide bonds. The maximum Gasteiger partial charge on any atom is 0.237 e. The lowest BCUT2D eigenvalue weighted by Crippen LogP contribution is -2.53. The van der Waals surface area contributed by atoms with Gasteiger partial charge in [-0.1, -0.05) is 0 Å². The van der Waals surface area contributed by atoms with Crippen molar-refractivity contribution >= 4 is 5.91 Å². The molecule has 12 heavy (non-hydrogen) atoms. The summed E-state index contributed by atoms with van der Waals surface area (Å²) in [6.45, 7) is 2.07. The van der Waals surface area contributed by atoms with Gasteiger partial charge in [-0.05, 0) is 12.8 Å². The molecular weight excluding hydrogens is 156 g/mol. The van der Waals surface area contributed by atoms with Gasteiger partial charge in [-0.2, -0.15) is 0 Å². The van der Waals surface area contributed by atoms with Crippen LogP contribution in [0, 0.1) is 0 Å². The average Bonchev–Trinajstić information content (AvgIpc) is 2.87. The molecule has 1 saturated carbocycles. The summed E-state index contributed by atoms with van der Waals surface area (Å²) in [5, 5.41) is 0. The Hall–Kier alpha value is -0.610. The van der Waals surface area contributed by atoms with E-state index in [0.29, 0.717) is 12.6 Å². The zero-order valence-electron chi connectivity index (χ0n) is 7.03. The molecule has 1 heterocycles. The number of nitrogens with two attached hydrogens (primary N) is 1. The van der Waals surface area contributed by atoms with Crippen LogP contribution in [0.25, 0.3) is 0 Å². The Labute approximate surface area is 71.7 Å². The smallest absolute Gasteiger partial charge is 0.237 e. The first-order valence-electron chi connectivity index (χ1n) is 4.42. The minimum atomic E-state index is -0.249. The molecule has 0 aromatic rings. The fourth-order valence-electron chi connectivity index (χ4n) is 1.71. The van der Waals surface area contributed by atoms with Crippen LogP contribution in [0.4, 0.5) is 0 Å². The average molecular weight is 170 g/mol. The number of ether oxygens (including phenoxy) is 1. The highest BCUT2D eigenvalue weighted by atomic mass is 16.5. The number of carbonyl (C=O) groups excluding carboxylic acids is 1. The fourth-order valence-corrected chi connectivity index (χ4v) is 1.71. The number of primary amides is 1. The highest BCUT2D eigenvalue weighted by Gasteiger charge is 2.38. The van der Waals surface area contributed by atoms with Gasteiger partial charge in [-0.15, -0.1) is 0 Å². The van der Waals surface area contributed by atoms with Gasteiger partial charge in [0.25, 0.3) is 0 Å². The van der Waals surface area contributed by atoms with Crippen LogP contribution in [0.1, 0.15) is 12.8 Å². The third kappa shape index (κ3) is 1.44. The van der Waals surface area contributed by atoms with Gasteiger partial charge in [0, 0.05) is 12.6 Å². The van der Waals surface area contributed by atoms with Gasteiger partial charge in [0.15, 0.2) is 0 Å². The molecule has 68 valence electrons. The quantitative estimate of drug-likeness (QED) is 0.598. The van der Waals surface area contributed by atoms with Gasteiger partial charge in [0.1, 0.15) is 6.04 Å². The number of rotatable bonds is 2. The highest BCUT2D eigenvalue weighted by Crippen LogP contribution is 2.29. The van der Waals surface area contributed by atoms with E-state index in [0.717, 1.165) is 13.2 Å². The summed E-state index contributed by atoms with van der Waals surface area (Å²) in [5.74, 6) is -0.249. The zero-order valence-corrected chi connectivity index (χ0v) is 7.03. The van der Waals surface area contributed by atoms with Gasteiger partial charge in [-0.25, -0.2) is 0 Å². The Morgan fingerprint density at radius 3 is 2.83 bits per heavy atom. The van der Waals surface area contributed by atoms with Crippen molar-refractivity contribution in [3.63, 3.8) is 0 Å². The highest BCUT2D eigenvalue weighted by molar-refractivity contribution is 5.80. The Morgan fingerprint density at radius 1 is 1.50 bits per heavy atom. The minimum Gasteiger partial charge on any atom is -0.378 e. The SMILES string of the molecule is NC(=O)[C@@H]1COCCN1C1CC1. The molecule has 4 heteroatoms.